The first-order chi connectivity index (χ1) is 6.79. The van der Waals surface area contributed by atoms with Crippen molar-refractivity contribution in [3.63, 3.8) is 0 Å². The molecule has 1 saturated heterocycles. The van der Waals surface area contributed by atoms with E-state index in [0.29, 0.717) is 19.5 Å². The van der Waals surface area contributed by atoms with Crippen LogP contribution in [0.15, 0.2) is 0 Å². The molecule has 2 atom stereocenters. The van der Waals surface area contributed by atoms with Crippen molar-refractivity contribution in [2.45, 2.75) is 38.0 Å². The van der Waals surface area contributed by atoms with E-state index >= 15 is 0 Å². The van der Waals surface area contributed by atoms with Crippen LogP contribution in [-0.4, -0.2) is 43.7 Å². The molecule has 1 heterocycles. The molecule has 1 amide bonds. The molecular weight excluding hydrogens is 218 g/mol. The van der Waals surface area contributed by atoms with E-state index in [0.717, 1.165) is 0 Å². The van der Waals surface area contributed by atoms with E-state index in [9.17, 15) is 9.00 Å². The topological polar surface area (TPSA) is 66.8 Å². The van der Waals surface area contributed by atoms with Crippen molar-refractivity contribution in [1.29, 1.82) is 0 Å². The summed E-state index contributed by atoms with van der Waals surface area (Å²) in [6.07, 6.45) is 0.151. The van der Waals surface area contributed by atoms with E-state index in [4.69, 9.17) is 9.29 Å². The molecule has 0 aromatic heterocycles. The van der Waals surface area contributed by atoms with E-state index in [1.165, 1.54) is 4.90 Å². The SMILES string of the molecule is CC(C)(C)OC(=O)N1CCC(S(=O)O)C1. The average Bonchev–Trinajstić information content (AvgIpc) is 2.47. The second-order valence-corrected chi connectivity index (χ2v) is 5.83. The van der Waals surface area contributed by atoms with Crippen LogP contribution < -0.4 is 0 Å². The summed E-state index contributed by atoms with van der Waals surface area (Å²) in [5, 5.41) is -0.336. The Morgan fingerprint density at radius 2 is 2.13 bits per heavy atom. The van der Waals surface area contributed by atoms with Gasteiger partial charge in [-0.05, 0) is 27.2 Å². The molecule has 15 heavy (non-hydrogen) atoms. The zero-order chi connectivity index (χ0) is 11.6. The summed E-state index contributed by atoms with van der Waals surface area (Å²) in [6.45, 7) is 6.18. The molecule has 1 fully saturated rings. The molecule has 0 radical (unpaired) electrons. The highest BCUT2D eigenvalue weighted by Gasteiger charge is 2.32. The first-order valence-electron chi connectivity index (χ1n) is 4.87. The van der Waals surface area contributed by atoms with Gasteiger partial charge in [-0.3, -0.25) is 0 Å². The van der Waals surface area contributed by atoms with Gasteiger partial charge in [0.2, 0.25) is 0 Å². The molecule has 88 valence electrons. The molecule has 1 aliphatic rings. The number of rotatable bonds is 1. The molecule has 5 nitrogen and oxygen atoms in total. The maximum absolute atomic E-state index is 11.6. The van der Waals surface area contributed by atoms with Crippen molar-refractivity contribution in [1.82, 2.24) is 4.90 Å². The quantitative estimate of drug-likeness (QED) is 0.694. The Morgan fingerprint density at radius 3 is 2.53 bits per heavy atom. The molecule has 0 aromatic carbocycles. The molecule has 6 heteroatoms. The van der Waals surface area contributed by atoms with Gasteiger partial charge in [-0.2, -0.15) is 0 Å². The van der Waals surface area contributed by atoms with Gasteiger partial charge in [-0.25, -0.2) is 9.00 Å². The van der Waals surface area contributed by atoms with Crippen molar-refractivity contribution in [3.8, 4) is 0 Å². The highest BCUT2D eigenvalue weighted by atomic mass is 32.2. The fourth-order valence-electron chi connectivity index (χ4n) is 1.39. The zero-order valence-corrected chi connectivity index (χ0v) is 10.0. The molecule has 0 saturated carbocycles. The van der Waals surface area contributed by atoms with Gasteiger partial charge >= 0.3 is 6.09 Å². The van der Waals surface area contributed by atoms with Crippen molar-refractivity contribution in [2.24, 2.45) is 0 Å². The fourth-order valence-corrected chi connectivity index (χ4v) is 2.00. The number of likely N-dealkylation sites (tertiary alicyclic amines) is 1. The molecular formula is C9H17NO4S. The van der Waals surface area contributed by atoms with Gasteiger partial charge in [0, 0.05) is 13.1 Å². The maximum atomic E-state index is 11.6. The van der Waals surface area contributed by atoms with Crippen LogP contribution in [0.2, 0.25) is 0 Å². The first-order valence-corrected chi connectivity index (χ1v) is 6.04. The Balaban J connectivity index is 2.47. The monoisotopic (exact) mass is 235 g/mol. The van der Waals surface area contributed by atoms with Crippen LogP contribution in [0.4, 0.5) is 4.79 Å². The lowest BCUT2D eigenvalue weighted by atomic mass is 10.2. The summed E-state index contributed by atoms with van der Waals surface area (Å²) >= 11 is -1.85. The molecule has 0 aliphatic carbocycles. The predicted molar refractivity (Wildman–Crippen MR) is 57.0 cm³/mol. The predicted octanol–water partition coefficient (Wildman–Crippen LogP) is 1.22. The number of carbonyl (C=O) groups excluding carboxylic acids is 1. The summed E-state index contributed by atoms with van der Waals surface area (Å²) in [5.41, 5.74) is -0.520. The van der Waals surface area contributed by atoms with Gasteiger partial charge in [-0.1, -0.05) is 0 Å². The fraction of sp³-hybridized carbons (Fsp3) is 0.889. The van der Waals surface area contributed by atoms with Crippen LogP contribution in [0.5, 0.6) is 0 Å². The number of hydrogen-bond donors (Lipinski definition) is 1. The number of hydrogen-bond acceptors (Lipinski definition) is 3. The standard InChI is InChI=1S/C9H17NO4S/c1-9(2,3)14-8(11)10-5-4-7(6-10)15(12)13/h7H,4-6H2,1-3H3,(H,12,13). The summed E-state index contributed by atoms with van der Waals surface area (Å²) in [4.78, 5) is 13.0. The normalized spacial score (nSPS) is 24.0. The van der Waals surface area contributed by atoms with Crippen LogP contribution in [0.3, 0.4) is 0 Å². The second kappa shape index (κ2) is 4.49. The molecule has 1 rings (SSSR count). The van der Waals surface area contributed by atoms with Crippen LogP contribution >= 0.6 is 0 Å². The van der Waals surface area contributed by atoms with Gasteiger partial charge in [-0.15, -0.1) is 0 Å². The van der Waals surface area contributed by atoms with E-state index in [-0.39, 0.29) is 5.25 Å². The lowest BCUT2D eigenvalue weighted by Gasteiger charge is -2.24. The van der Waals surface area contributed by atoms with E-state index in [2.05, 4.69) is 0 Å². The Morgan fingerprint density at radius 1 is 1.53 bits per heavy atom. The first kappa shape index (κ1) is 12.4. The highest BCUT2D eigenvalue weighted by molar-refractivity contribution is 7.79. The summed E-state index contributed by atoms with van der Waals surface area (Å²) in [7, 11) is 0. The third-order valence-electron chi connectivity index (χ3n) is 2.08. The molecule has 2 unspecified atom stereocenters. The lowest BCUT2D eigenvalue weighted by Crippen LogP contribution is -2.36. The van der Waals surface area contributed by atoms with Crippen molar-refractivity contribution < 1.29 is 18.3 Å². The molecule has 0 spiro atoms. The Bertz CT molecular complexity index is 274. The molecule has 1 N–H and O–H groups in total. The van der Waals surface area contributed by atoms with Crippen LogP contribution in [-0.2, 0) is 15.8 Å². The average molecular weight is 235 g/mol. The Hall–Kier alpha value is -0.620. The van der Waals surface area contributed by atoms with Crippen LogP contribution in [0, 0.1) is 0 Å². The van der Waals surface area contributed by atoms with Crippen molar-refractivity contribution in [2.75, 3.05) is 13.1 Å². The van der Waals surface area contributed by atoms with E-state index < -0.39 is 22.8 Å². The lowest BCUT2D eigenvalue weighted by molar-refractivity contribution is 0.0295. The minimum absolute atomic E-state index is 0.304. The van der Waals surface area contributed by atoms with Gasteiger partial charge in [0.1, 0.15) is 5.60 Å². The van der Waals surface area contributed by atoms with Gasteiger partial charge < -0.3 is 14.2 Å². The number of ether oxygens (including phenoxy) is 1. The van der Waals surface area contributed by atoms with Crippen molar-refractivity contribution >= 4 is 17.2 Å². The highest BCUT2D eigenvalue weighted by Crippen LogP contribution is 2.17. The second-order valence-electron chi connectivity index (χ2n) is 4.61. The minimum atomic E-state index is -1.85. The van der Waals surface area contributed by atoms with E-state index in [1.54, 1.807) is 20.8 Å². The van der Waals surface area contributed by atoms with Gasteiger partial charge in [0.25, 0.3) is 0 Å². The van der Waals surface area contributed by atoms with Crippen LogP contribution in [0.25, 0.3) is 0 Å². The number of amides is 1. The minimum Gasteiger partial charge on any atom is -0.444 e. The van der Waals surface area contributed by atoms with E-state index in [1.807, 2.05) is 0 Å². The summed E-state index contributed by atoms with van der Waals surface area (Å²) in [6, 6.07) is 0. The summed E-state index contributed by atoms with van der Waals surface area (Å²) < 4.78 is 24.8. The smallest absolute Gasteiger partial charge is 0.410 e. The third-order valence-corrected chi connectivity index (χ3v) is 3.04. The Labute approximate surface area is 92.1 Å². The molecule has 1 aliphatic heterocycles. The number of carbonyl (C=O) groups is 1. The molecule has 0 aromatic rings. The largest absolute Gasteiger partial charge is 0.444 e. The molecule has 0 bridgehead atoms. The van der Waals surface area contributed by atoms with Crippen LogP contribution in [0.1, 0.15) is 27.2 Å². The maximum Gasteiger partial charge on any atom is 0.410 e. The Kier molecular flexibility index (Phi) is 3.72. The van der Waals surface area contributed by atoms with Gasteiger partial charge in [0.15, 0.2) is 11.1 Å². The van der Waals surface area contributed by atoms with Gasteiger partial charge in [0.05, 0.1) is 5.25 Å². The zero-order valence-electron chi connectivity index (χ0n) is 9.23. The number of nitrogens with zero attached hydrogens (tertiary/aromatic N) is 1. The van der Waals surface area contributed by atoms with Crippen molar-refractivity contribution in [3.05, 3.63) is 0 Å². The third kappa shape index (κ3) is 3.79. The summed E-state index contributed by atoms with van der Waals surface area (Å²) in [5.74, 6) is 0.